The molecule has 0 amide bonds. The zero-order valence-corrected chi connectivity index (χ0v) is 22.8. The van der Waals surface area contributed by atoms with Gasteiger partial charge in [0.25, 0.3) is 0 Å². The van der Waals surface area contributed by atoms with Gasteiger partial charge in [0.05, 0.1) is 16.8 Å². The number of hydrogen-bond acceptors (Lipinski definition) is 13. The summed E-state index contributed by atoms with van der Waals surface area (Å²) in [5.74, 6) is -1.09. The molecule has 3 heterocycles. The van der Waals surface area contributed by atoms with E-state index in [2.05, 4.69) is 15.3 Å². The van der Waals surface area contributed by atoms with Crippen LogP contribution < -0.4 is 5.73 Å². The molecular formula is C23H23ClN6O6S2. The van der Waals surface area contributed by atoms with Gasteiger partial charge in [-0.25, -0.2) is 9.67 Å². The van der Waals surface area contributed by atoms with E-state index in [9.17, 15) is 14.9 Å². The van der Waals surface area contributed by atoms with Gasteiger partial charge in [-0.15, -0.1) is 16.4 Å². The molecule has 2 N–H and O–H groups in total. The molecule has 0 bridgehead atoms. The maximum atomic E-state index is 12.1. The van der Waals surface area contributed by atoms with Crippen LogP contribution in [0.4, 0.5) is 5.13 Å². The van der Waals surface area contributed by atoms with E-state index in [1.807, 2.05) is 6.07 Å². The molecule has 0 aliphatic carbocycles. The summed E-state index contributed by atoms with van der Waals surface area (Å²) in [6.45, 7) is 2.36. The van der Waals surface area contributed by atoms with E-state index in [-0.39, 0.29) is 11.6 Å². The van der Waals surface area contributed by atoms with Crippen LogP contribution in [0.2, 0.25) is 5.02 Å². The Morgan fingerprint density at radius 3 is 2.68 bits per heavy atom. The first kappa shape index (κ1) is 27.8. The van der Waals surface area contributed by atoms with Gasteiger partial charge in [0.15, 0.2) is 11.2 Å². The third kappa shape index (κ3) is 6.25. The Hall–Kier alpha value is -3.22. The summed E-state index contributed by atoms with van der Waals surface area (Å²) in [5.41, 5.74) is 6.41. The van der Waals surface area contributed by atoms with Crippen LogP contribution in [0.25, 0.3) is 11.4 Å². The Kier molecular flexibility index (Phi) is 8.85. The second-order valence-electron chi connectivity index (χ2n) is 8.14. The number of methoxy groups -OCH3 is 1. The average molecular weight is 579 g/mol. The number of benzene rings is 1. The van der Waals surface area contributed by atoms with Crippen molar-refractivity contribution in [2.75, 3.05) is 19.5 Å². The van der Waals surface area contributed by atoms with E-state index in [4.69, 9.17) is 36.3 Å². The number of thiazole rings is 1. The summed E-state index contributed by atoms with van der Waals surface area (Å²) in [6, 6.07) is 6.28. The van der Waals surface area contributed by atoms with Gasteiger partial charge in [-0.05, 0) is 18.2 Å². The van der Waals surface area contributed by atoms with Gasteiger partial charge < -0.3 is 24.7 Å². The van der Waals surface area contributed by atoms with E-state index in [1.165, 1.54) is 48.7 Å². The fraction of sp³-hybridized carbons (Fsp3) is 0.391. The zero-order valence-electron chi connectivity index (χ0n) is 20.4. The average Bonchev–Trinajstić information content (AvgIpc) is 3.52. The predicted octanol–water partition coefficient (Wildman–Crippen LogP) is 3.08. The van der Waals surface area contributed by atoms with Crippen LogP contribution in [-0.4, -0.2) is 69.4 Å². The molecule has 15 heteroatoms. The Morgan fingerprint density at radius 1 is 1.29 bits per heavy atom. The predicted molar refractivity (Wildman–Crippen MR) is 138 cm³/mol. The Labute approximate surface area is 231 Å². The molecule has 2 aromatic heterocycles. The van der Waals surface area contributed by atoms with E-state index in [0.29, 0.717) is 27.0 Å². The van der Waals surface area contributed by atoms with Crippen LogP contribution in [0.1, 0.15) is 25.5 Å². The van der Waals surface area contributed by atoms with Crippen LogP contribution in [0.15, 0.2) is 34.7 Å². The number of halogens is 1. The normalized spacial score (nSPS) is 23.0. The molecular weight excluding hydrogens is 556 g/mol. The van der Waals surface area contributed by atoms with Gasteiger partial charge in [0, 0.05) is 31.2 Å². The Balaban J connectivity index is 1.74. The van der Waals surface area contributed by atoms with Gasteiger partial charge in [-0.2, -0.15) is 5.26 Å². The molecule has 1 saturated heterocycles. The molecule has 3 unspecified atom stereocenters. The van der Waals surface area contributed by atoms with Crippen molar-refractivity contribution in [3.63, 3.8) is 0 Å². The van der Waals surface area contributed by atoms with Gasteiger partial charge in [-0.3, -0.25) is 9.59 Å². The summed E-state index contributed by atoms with van der Waals surface area (Å²) in [4.78, 5) is 28.7. The quantitative estimate of drug-likeness (QED) is 0.389. The zero-order chi connectivity index (χ0) is 27.4. The minimum atomic E-state index is -0.951. The number of carbonyl (C=O) groups excluding carboxylic acids is 2. The second kappa shape index (κ2) is 12.1. The topological polar surface area (TPSA) is 164 Å². The number of ether oxygens (including phenoxy) is 4. The third-order valence-corrected chi connectivity index (χ3v) is 7.68. The second-order valence-corrected chi connectivity index (χ2v) is 10.6. The summed E-state index contributed by atoms with van der Waals surface area (Å²) in [6.07, 6.45) is -0.889. The lowest BCUT2D eigenvalue weighted by molar-refractivity contribution is -0.208. The highest BCUT2D eigenvalue weighted by molar-refractivity contribution is 7.99. The molecule has 4 rings (SSSR count). The van der Waals surface area contributed by atoms with Crippen molar-refractivity contribution in [1.29, 1.82) is 5.26 Å². The van der Waals surface area contributed by atoms with Gasteiger partial charge >= 0.3 is 11.9 Å². The first-order valence-electron chi connectivity index (χ1n) is 11.2. The van der Waals surface area contributed by atoms with E-state index < -0.39 is 41.7 Å². The molecule has 0 radical (unpaired) electrons. The number of hydrogen-bond donors (Lipinski definition) is 1. The lowest BCUT2D eigenvalue weighted by Crippen LogP contribution is -2.57. The first-order chi connectivity index (χ1) is 18.2. The highest BCUT2D eigenvalue weighted by Gasteiger charge is 2.50. The van der Waals surface area contributed by atoms with Crippen LogP contribution >= 0.6 is 34.7 Å². The van der Waals surface area contributed by atoms with Crippen molar-refractivity contribution in [2.24, 2.45) is 0 Å². The largest absolute Gasteiger partial charge is 0.463 e. The van der Waals surface area contributed by atoms with Crippen LogP contribution in [-0.2, 0) is 28.5 Å². The third-order valence-electron chi connectivity index (χ3n) is 5.56. The van der Waals surface area contributed by atoms with Gasteiger partial charge in [0.2, 0.25) is 0 Å². The maximum absolute atomic E-state index is 12.1. The number of nitrogens with two attached hydrogens (primary N) is 1. The number of aromatic nitrogens is 4. The van der Waals surface area contributed by atoms with Crippen LogP contribution in [0.3, 0.4) is 0 Å². The number of esters is 2. The van der Waals surface area contributed by atoms with Crippen molar-refractivity contribution >= 4 is 51.8 Å². The van der Waals surface area contributed by atoms with Crippen molar-refractivity contribution in [1.82, 2.24) is 20.0 Å². The SMILES string of the molecule is COC1C(n2cc(-c3csc(N)n3)nn2)[C@@H](OC(C)=O)C(COC(C)=O)O[C@@H]1Sc1ccc(C#N)c(Cl)c1. The lowest BCUT2D eigenvalue weighted by Gasteiger charge is -2.44. The van der Waals surface area contributed by atoms with Crippen molar-refractivity contribution < 1.29 is 28.5 Å². The summed E-state index contributed by atoms with van der Waals surface area (Å²) < 4.78 is 24.6. The minimum Gasteiger partial charge on any atom is -0.463 e. The molecule has 0 saturated carbocycles. The molecule has 1 fully saturated rings. The smallest absolute Gasteiger partial charge is 0.303 e. The maximum Gasteiger partial charge on any atom is 0.303 e. The number of nitrogen functional groups attached to an aromatic ring is 1. The van der Waals surface area contributed by atoms with Crippen molar-refractivity contribution in [3.05, 3.63) is 40.4 Å². The monoisotopic (exact) mass is 578 g/mol. The van der Waals surface area contributed by atoms with Crippen LogP contribution in [0.5, 0.6) is 0 Å². The van der Waals surface area contributed by atoms with Crippen LogP contribution in [0, 0.1) is 11.3 Å². The number of thioether (sulfide) groups is 1. The highest BCUT2D eigenvalue weighted by Crippen LogP contribution is 2.41. The number of nitrogens with zero attached hydrogens (tertiary/aromatic N) is 5. The van der Waals surface area contributed by atoms with E-state index in [0.717, 1.165) is 0 Å². The molecule has 1 aliphatic rings. The number of anilines is 1. The molecule has 3 aromatic rings. The van der Waals surface area contributed by atoms with E-state index in [1.54, 1.807) is 29.8 Å². The summed E-state index contributed by atoms with van der Waals surface area (Å²) in [7, 11) is 1.50. The number of rotatable bonds is 8. The molecule has 1 aromatic carbocycles. The fourth-order valence-electron chi connectivity index (χ4n) is 3.95. The highest BCUT2D eigenvalue weighted by atomic mass is 35.5. The number of carbonyl (C=O) groups is 2. The molecule has 200 valence electrons. The number of nitriles is 1. The first-order valence-corrected chi connectivity index (χ1v) is 13.3. The standard InChI is InChI=1S/C23H23ClN6O6S2/c1-11(31)34-9-18-20(35-12(2)32)19(30-8-16(28-29-30)17-10-37-23(26)27-17)21(33-3)22(36-18)38-14-5-4-13(7-25)15(24)6-14/h4-6,8,10,18-22H,9H2,1-3H3,(H2,26,27)/t18?,19?,20-,21?,22+/m0/s1. The van der Waals surface area contributed by atoms with Gasteiger partial charge in [-0.1, -0.05) is 28.6 Å². The minimum absolute atomic E-state index is 0.185. The molecule has 1 aliphatic heterocycles. The summed E-state index contributed by atoms with van der Waals surface area (Å²) in [5, 5.41) is 20.1. The molecule has 5 atom stereocenters. The Morgan fingerprint density at radius 2 is 2.08 bits per heavy atom. The van der Waals surface area contributed by atoms with Crippen molar-refractivity contribution in [2.45, 2.75) is 48.5 Å². The molecule has 38 heavy (non-hydrogen) atoms. The molecule has 0 spiro atoms. The summed E-state index contributed by atoms with van der Waals surface area (Å²) >= 11 is 8.79. The van der Waals surface area contributed by atoms with E-state index >= 15 is 0 Å². The molecule has 12 nitrogen and oxygen atoms in total. The lowest BCUT2D eigenvalue weighted by atomic mass is 9.96. The van der Waals surface area contributed by atoms with Gasteiger partial charge in [0.1, 0.15) is 47.7 Å². The van der Waals surface area contributed by atoms with Crippen molar-refractivity contribution in [3.8, 4) is 17.5 Å². The Bertz CT molecular complexity index is 1360. The fourth-order valence-corrected chi connectivity index (χ4v) is 6.00.